The number of rotatable bonds is 1. The van der Waals surface area contributed by atoms with Crippen molar-refractivity contribution in [1.82, 2.24) is 0 Å². The van der Waals surface area contributed by atoms with E-state index in [1.54, 1.807) is 18.2 Å². The monoisotopic (exact) mass is 370 g/mol. The molecule has 4 heteroatoms. The van der Waals surface area contributed by atoms with Gasteiger partial charge in [-0.3, -0.25) is 4.79 Å². The normalized spacial score (nSPS) is 15.3. The molecule has 0 bridgehead atoms. The molecule has 0 unspecified atom stereocenters. The Hall–Kier alpha value is -3.40. The van der Waals surface area contributed by atoms with Gasteiger partial charge in [-0.05, 0) is 56.2 Å². The number of fused-ring (bicyclic) bond motifs is 6. The Morgan fingerprint density at radius 1 is 0.821 bits per heavy atom. The zero-order chi connectivity index (χ0) is 19.6. The molecule has 0 radical (unpaired) electrons. The van der Waals surface area contributed by atoms with Crippen LogP contribution in [0.15, 0.2) is 54.6 Å². The molecular weight excluding hydrogens is 352 g/mol. The topological polar surface area (TPSA) is 52.6 Å². The van der Waals surface area contributed by atoms with Gasteiger partial charge in [0.25, 0.3) is 0 Å². The summed E-state index contributed by atoms with van der Waals surface area (Å²) in [7, 11) is 0. The van der Waals surface area contributed by atoms with Crippen LogP contribution < -0.4 is 4.74 Å². The molecule has 0 saturated carbocycles. The van der Waals surface area contributed by atoms with Gasteiger partial charge < -0.3 is 9.47 Å². The maximum Gasteiger partial charge on any atom is 0.340 e. The summed E-state index contributed by atoms with van der Waals surface area (Å²) >= 11 is 0. The first-order chi connectivity index (χ1) is 13.4. The minimum Gasteiger partial charge on any atom is -0.456 e. The predicted octanol–water partition coefficient (Wildman–Crippen LogP) is 5.07. The summed E-state index contributed by atoms with van der Waals surface area (Å²) in [6, 6.07) is 16.9. The van der Waals surface area contributed by atoms with Crippen LogP contribution in [0.25, 0.3) is 0 Å². The fourth-order valence-electron chi connectivity index (χ4n) is 4.15. The van der Waals surface area contributed by atoms with Crippen molar-refractivity contribution in [1.29, 1.82) is 0 Å². The highest BCUT2D eigenvalue weighted by Crippen LogP contribution is 2.56. The van der Waals surface area contributed by atoms with Gasteiger partial charge in [0.05, 0.1) is 5.56 Å². The van der Waals surface area contributed by atoms with Crippen molar-refractivity contribution >= 4 is 11.8 Å². The van der Waals surface area contributed by atoms with Gasteiger partial charge in [-0.15, -0.1) is 0 Å². The second-order valence-corrected chi connectivity index (χ2v) is 7.49. The van der Waals surface area contributed by atoms with Gasteiger partial charge in [0.2, 0.25) is 0 Å². The van der Waals surface area contributed by atoms with E-state index in [1.165, 1.54) is 6.92 Å². The lowest BCUT2D eigenvalue weighted by Crippen LogP contribution is -2.33. The third kappa shape index (κ3) is 2.12. The summed E-state index contributed by atoms with van der Waals surface area (Å²) in [6.45, 7) is 5.50. The average Bonchev–Trinajstić information content (AvgIpc) is 2.94. The lowest BCUT2D eigenvalue weighted by atomic mass is 9.76. The van der Waals surface area contributed by atoms with Gasteiger partial charge in [-0.2, -0.15) is 0 Å². The molecule has 1 spiro atoms. The number of hydrogen-bond acceptors (Lipinski definition) is 4. The van der Waals surface area contributed by atoms with E-state index in [9.17, 15) is 9.59 Å². The Bertz CT molecular complexity index is 1140. The quantitative estimate of drug-likeness (QED) is 0.443. The van der Waals surface area contributed by atoms with E-state index in [0.29, 0.717) is 28.2 Å². The molecule has 138 valence electrons. The van der Waals surface area contributed by atoms with Crippen LogP contribution in [0, 0.1) is 13.8 Å². The maximum absolute atomic E-state index is 12.8. The molecule has 0 fully saturated rings. The second-order valence-electron chi connectivity index (χ2n) is 7.49. The number of Topliss-reactive ketones (excluding diaryl/α,β-unsaturated/α-hetero) is 1. The molecule has 0 atom stereocenters. The van der Waals surface area contributed by atoms with E-state index >= 15 is 0 Å². The lowest BCUT2D eigenvalue weighted by molar-refractivity contribution is 0.0224. The minimum absolute atomic E-state index is 0.0578. The van der Waals surface area contributed by atoms with Crippen LogP contribution in [0.3, 0.4) is 0 Å². The largest absolute Gasteiger partial charge is 0.456 e. The minimum atomic E-state index is -1.12. The van der Waals surface area contributed by atoms with Crippen molar-refractivity contribution in [2.75, 3.05) is 0 Å². The first-order valence-corrected chi connectivity index (χ1v) is 9.19. The summed E-state index contributed by atoms with van der Waals surface area (Å²) < 4.78 is 12.3. The van der Waals surface area contributed by atoms with Gasteiger partial charge in [-0.25, -0.2) is 4.79 Å². The van der Waals surface area contributed by atoms with E-state index < -0.39 is 11.6 Å². The SMILES string of the molecule is CC(=O)c1ccc2c(c1)C1(OC2=O)c2ccc(C)cc2Oc2cc(C)ccc21. The molecule has 0 amide bonds. The Balaban J connectivity index is 1.90. The standard InChI is InChI=1S/C24H18O4/c1-13-4-8-18-21(10-13)27-22-11-14(2)5-9-19(22)24(18)20-12-16(15(3)25)6-7-17(20)23(26)28-24/h4-12H,1-3H3. The van der Waals surface area contributed by atoms with Crippen LogP contribution in [-0.2, 0) is 10.3 Å². The van der Waals surface area contributed by atoms with Crippen molar-refractivity contribution in [2.45, 2.75) is 26.4 Å². The zero-order valence-corrected chi connectivity index (χ0v) is 15.8. The maximum atomic E-state index is 12.8. The van der Waals surface area contributed by atoms with Crippen molar-refractivity contribution in [3.8, 4) is 11.5 Å². The van der Waals surface area contributed by atoms with Gasteiger partial charge >= 0.3 is 5.97 Å². The summed E-state index contributed by atoms with van der Waals surface area (Å²) in [4.78, 5) is 24.9. The number of ether oxygens (including phenoxy) is 2. The van der Waals surface area contributed by atoms with Gasteiger partial charge in [0, 0.05) is 22.3 Å². The highest BCUT2D eigenvalue weighted by Gasteiger charge is 2.53. The summed E-state index contributed by atoms with van der Waals surface area (Å²) in [5.41, 5.74) is 4.21. The number of carbonyl (C=O) groups is 2. The van der Waals surface area contributed by atoms with Crippen molar-refractivity contribution < 1.29 is 19.1 Å². The molecule has 3 aromatic carbocycles. The Labute approximate surface area is 162 Å². The number of ketones is 1. The molecule has 28 heavy (non-hydrogen) atoms. The molecule has 4 nitrogen and oxygen atoms in total. The van der Waals surface area contributed by atoms with Gasteiger partial charge in [0.1, 0.15) is 11.5 Å². The van der Waals surface area contributed by atoms with Crippen LogP contribution >= 0.6 is 0 Å². The van der Waals surface area contributed by atoms with Crippen LogP contribution in [0.2, 0.25) is 0 Å². The van der Waals surface area contributed by atoms with Crippen molar-refractivity contribution in [3.05, 3.63) is 93.5 Å². The molecule has 5 rings (SSSR count). The molecule has 0 aromatic heterocycles. The van der Waals surface area contributed by atoms with Crippen LogP contribution in [-0.4, -0.2) is 11.8 Å². The summed E-state index contributed by atoms with van der Waals surface area (Å²) in [5, 5.41) is 0. The van der Waals surface area contributed by atoms with E-state index in [1.807, 2.05) is 50.2 Å². The number of carbonyl (C=O) groups excluding carboxylic acids is 2. The molecule has 0 N–H and O–H groups in total. The van der Waals surface area contributed by atoms with E-state index in [0.717, 1.165) is 22.3 Å². The Kier molecular flexibility index (Phi) is 3.32. The van der Waals surface area contributed by atoms with Gasteiger partial charge in [0.15, 0.2) is 11.4 Å². The molecule has 3 aromatic rings. The van der Waals surface area contributed by atoms with Crippen LogP contribution in [0.1, 0.15) is 55.5 Å². The number of benzene rings is 3. The lowest BCUT2D eigenvalue weighted by Gasteiger charge is -2.36. The molecule has 2 aliphatic rings. The molecular formula is C24H18O4. The first kappa shape index (κ1) is 16.8. The summed E-state index contributed by atoms with van der Waals surface area (Å²) in [6.07, 6.45) is 0. The zero-order valence-electron chi connectivity index (χ0n) is 15.8. The molecule has 2 heterocycles. The van der Waals surface area contributed by atoms with E-state index in [4.69, 9.17) is 9.47 Å². The third-order valence-electron chi connectivity index (χ3n) is 5.52. The number of hydrogen-bond donors (Lipinski definition) is 0. The van der Waals surface area contributed by atoms with Crippen LogP contribution in [0.4, 0.5) is 0 Å². The van der Waals surface area contributed by atoms with Crippen LogP contribution in [0.5, 0.6) is 11.5 Å². The molecule has 0 aliphatic carbocycles. The number of esters is 1. The summed E-state index contributed by atoms with van der Waals surface area (Å²) in [5.74, 6) is 0.863. The molecule has 0 saturated heterocycles. The van der Waals surface area contributed by atoms with E-state index in [-0.39, 0.29) is 5.78 Å². The predicted molar refractivity (Wildman–Crippen MR) is 104 cm³/mol. The number of aryl methyl sites for hydroxylation is 2. The fraction of sp³-hybridized carbons (Fsp3) is 0.167. The van der Waals surface area contributed by atoms with E-state index in [2.05, 4.69) is 0 Å². The fourth-order valence-corrected chi connectivity index (χ4v) is 4.15. The molecule has 2 aliphatic heterocycles. The highest BCUT2D eigenvalue weighted by atomic mass is 16.6. The van der Waals surface area contributed by atoms with Crippen molar-refractivity contribution in [3.63, 3.8) is 0 Å². The Morgan fingerprint density at radius 3 is 2.00 bits per heavy atom. The smallest absolute Gasteiger partial charge is 0.340 e. The first-order valence-electron chi connectivity index (χ1n) is 9.19. The second kappa shape index (κ2) is 5.55. The highest BCUT2D eigenvalue weighted by molar-refractivity contribution is 6.00. The average molecular weight is 370 g/mol. The van der Waals surface area contributed by atoms with Crippen molar-refractivity contribution in [2.24, 2.45) is 0 Å². The Morgan fingerprint density at radius 2 is 1.43 bits per heavy atom. The third-order valence-corrected chi connectivity index (χ3v) is 5.52. The van der Waals surface area contributed by atoms with Gasteiger partial charge in [-0.1, -0.05) is 30.3 Å².